The van der Waals surface area contributed by atoms with Gasteiger partial charge in [-0.2, -0.15) is 0 Å². The molecule has 1 aromatic carbocycles. The van der Waals surface area contributed by atoms with Crippen molar-refractivity contribution < 1.29 is 8.78 Å². The smallest absolute Gasteiger partial charge is 0.169 e. The van der Waals surface area contributed by atoms with Crippen LogP contribution in [0.25, 0.3) is 11.0 Å². The van der Waals surface area contributed by atoms with Gasteiger partial charge in [-0.15, -0.1) is 0 Å². The minimum absolute atomic E-state index is 0.512. The normalized spacial score (nSPS) is 17.2. The Morgan fingerprint density at radius 2 is 1.95 bits per heavy atom. The molecule has 2 heterocycles. The topological polar surface area (TPSA) is 29.9 Å². The van der Waals surface area contributed by atoms with Crippen LogP contribution in [0.15, 0.2) is 17.3 Å². The van der Waals surface area contributed by atoms with Gasteiger partial charge in [-0.1, -0.05) is 11.8 Å². The number of imidazole rings is 1. The van der Waals surface area contributed by atoms with E-state index in [1.54, 1.807) is 11.8 Å². The van der Waals surface area contributed by atoms with Gasteiger partial charge in [0.1, 0.15) is 0 Å². The summed E-state index contributed by atoms with van der Waals surface area (Å²) in [6.45, 7) is 2.04. The zero-order valence-corrected chi connectivity index (χ0v) is 11.4. The predicted octanol–water partition coefficient (Wildman–Crippen LogP) is 2.70. The van der Waals surface area contributed by atoms with E-state index in [1.165, 1.54) is 6.07 Å². The Morgan fingerprint density at radius 3 is 2.68 bits per heavy atom. The first kappa shape index (κ1) is 12.9. The monoisotopic (exact) mass is 283 g/mol. The Morgan fingerprint density at radius 1 is 1.26 bits per heavy atom. The van der Waals surface area contributed by atoms with Gasteiger partial charge in [-0.3, -0.25) is 0 Å². The first-order valence-corrected chi connectivity index (χ1v) is 7.22. The second kappa shape index (κ2) is 5.09. The predicted molar refractivity (Wildman–Crippen MR) is 72.4 cm³/mol. The van der Waals surface area contributed by atoms with Gasteiger partial charge in [0.2, 0.25) is 0 Å². The fourth-order valence-electron chi connectivity index (χ4n) is 2.33. The summed E-state index contributed by atoms with van der Waals surface area (Å²) in [6.07, 6.45) is 2.19. The maximum atomic E-state index is 13.3. The standard InChI is InChI=1S/C13H15F2N3S/c1-18-12-7-10(15)9(14)6-11(12)17-13(18)19-8-2-4-16-5-3-8/h6-8,16H,2-5H2,1H3. The van der Waals surface area contributed by atoms with Crippen LogP contribution in [0.3, 0.4) is 0 Å². The van der Waals surface area contributed by atoms with Gasteiger partial charge in [0, 0.05) is 24.4 Å². The average Bonchev–Trinajstić information content (AvgIpc) is 2.69. The summed E-state index contributed by atoms with van der Waals surface area (Å²) in [7, 11) is 1.84. The maximum Gasteiger partial charge on any atom is 0.169 e. The van der Waals surface area contributed by atoms with Crippen molar-refractivity contribution in [3.63, 3.8) is 0 Å². The van der Waals surface area contributed by atoms with Crippen molar-refractivity contribution in [2.45, 2.75) is 23.2 Å². The third kappa shape index (κ3) is 2.47. The molecule has 0 unspecified atom stereocenters. The largest absolute Gasteiger partial charge is 0.322 e. The van der Waals surface area contributed by atoms with Gasteiger partial charge in [0.05, 0.1) is 11.0 Å². The van der Waals surface area contributed by atoms with Crippen LogP contribution in [0.1, 0.15) is 12.8 Å². The van der Waals surface area contributed by atoms with E-state index in [4.69, 9.17) is 0 Å². The highest BCUT2D eigenvalue weighted by atomic mass is 32.2. The summed E-state index contributed by atoms with van der Waals surface area (Å²) >= 11 is 1.70. The van der Waals surface area contributed by atoms with Crippen LogP contribution in [0.4, 0.5) is 8.78 Å². The number of hydrogen-bond acceptors (Lipinski definition) is 3. The number of thioether (sulfide) groups is 1. The molecule has 0 saturated carbocycles. The van der Waals surface area contributed by atoms with E-state index in [1.807, 2.05) is 11.6 Å². The number of aryl methyl sites for hydroxylation is 1. The van der Waals surface area contributed by atoms with Crippen LogP contribution in [-0.4, -0.2) is 27.9 Å². The molecule has 0 spiro atoms. The Balaban J connectivity index is 1.93. The van der Waals surface area contributed by atoms with Crippen molar-refractivity contribution in [2.75, 3.05) is 13.1 Å². The summed E-state index contributed by atoms with van der Waals surface area (Å²) in [4.78, 5) is 4.41. The van der Waals surface area contributed by atoms with E-state index >= 15 is 0 Å². The lowest BCUT2D eigenvalue weighted by Crippen LogP contribution is -2.29. The molecule has 1 N–H and O–H groups in total. The number of fused-ring (bicyclic) bond motifs is 1. The molecule has 1 saturated heterocycles. The number of benzene rings is 1. The van der Waals surface area contributed by atoms with Crippen LogP contribution < -0.4 is 5.32 Å². The van der Waals surface area contributed by atoms with E-state index in [0.29, 0.717) is 16.3 Å². The molecule has 2 aromatic rings. The number of rotatable bonds is 2. The number of nitrogens with zero attached hydrogens (tertiary/aromatic N) is 2. The first-order valence-electron chi connectivity index (χ1n) is 6.34. The van der Waals surface area contributed by atoms with Gasteiger partial charge < -0.3 is 9.88 Å². The van der Waals surface area contributed by atoms with E-state index in [-0.39, 0.29) is 0 Å². The minimum Gasteiger partial charge on any atom is -0.322 e. The van der Waals surface area contributed by atoms with Crippen molar-refractivity contribution in [1.82, 2.24) is 14.9 Å². The summed E-state index contributed by atoms with van der Waals surface area (Å²) < 4.78 is 28.3. The van der Waals surface area contributed by atoms with Crippen LogP contribution in [-0.2, 0) is 7.05 Å². The van der Waals surface area contributed by atoms with Gasteiger partial charge in [0.15, 0.2) is 16.8 Å². The third-order valence-electron chi connectivity index (χ3n) is 3.44. The third-order valence-corrected chi connectivity index (χ3v) is 4.82. The van der Waals surface area contributed by atoms with Crippen LogP contribution in [0.5, 0.6) is 0 Å². The number of nitrogens with one attached hydrogen (secondary N) is 1. The maximum absolute atomic E-state index is 13.3. The Bertz CT molecular complexity index is 605. The second-order valence-electron chi connectivity index (χ2n) is 4.78. The Labute approximate surface area is 114 Å². The highest BCUT2D eigenvalue weighted by molar-refractivity contribution is 7.99. The molecular weight excluding hydrogens is 268 g/mol. The summed E-state index contributed by atoms with van der Waals surface area (Å²) in [6, 6.07) is 2.38. The SMILES string of the molecule is Cn1c(SC2CCNCC2)nc2cc(F)c(F)cc21. The van der Waals surface area contributed by atoms with Crippen molar-refractivity contribution >= 4 is 22.8 Å². The van der Waals surface area contributed by atoms with Gasteiger partial charge in [-0.05, 0) is 25.9 Å². The zero-order valence-electron chi connectivity index (χ0n) is 10.6. The molecule has 1 aliphatic heterocycles. The lowest BCUT2D eigenvalue weighted by molar-refractivity contribution is 0.510. The highest BCUT2D eigenvalue weighted by Gasteiger charge is 2.18. The quantitative estimate of drug-likeness (QED) is 0.919. The summed E-state index contributed by atoms with van der Waals surface area (Å²) in [5.41, 5.74) is 1.15. The summed E-state index contributed by atoms with van der Waals surface area (Å²) in [5.74, 6) is -1.67. The molecule has 19 heavy (non-hydrogen) atoms. The van der Waals surface area contributed by atoms with Crippen molar-refractivity contribution in [3.05, 3.63) is 23.8 Å². The molecule has 0 radical (unpaired) electrons. The fraction of sp³-hybridized carbons (Fsp3) is 0.462. The van der Waals surface area contributed by atoms with E-state index in [2.05, 4.69) is 10.3 Å². The molecule has 1 aliphatic rings. The Hall–Kier alpha value is -1.14. The van der Waals surface area contributed by atoms with Crippen molar-refractivity contribution in [1.29, 1.82) is 0 Å². The first-order chi connectivity index (χ1) is 9.15. The van der Waals surface area contributed by atoms with Gasteiger partial charge >= 0.3 is 0 Å². The molecule has 3 rings (SSSR count). The minimum atomic E-state index is -0.844. The molecular formula is C13H15F2N3S. The molecule has 1 fully saturated rings. The molecule has 0 aliphatic carbocycles. The summed E-state index contributed by atoms with van der Waals surface area (Å²) in [5, 5.41) is 4.66. The number of hydrogen-bond donors (Lipinski definition) is 1. The average molecular weight is 283 g/mol. The molecule has 0 amide bonds. The zero-order chi connectivity index (χ0) is 13.4. The molecule has 3 nitrogen and oxygen atoms in total. The number of aromatic nitrogens is 2. The van der Waals surface area contributed by atoms with Crippen molar-refractivity contribution in [3.8, 4) is 0 Å². The molecule has 6 heteroatoms. The highest BCUT2D eigenvalue weighted by Crippen LogP contribution is 2.30. The van der Waals surface area contributed by atoms with Crippen LogP contribution in [0.2, 0.25) is 0 Å². The lowest BCUT2D eigenvalue weighted by Gasteiger charge is -2.21. The number of halogens is 2. The van der Waals surface area contributed by atoms with Crippen LogP contribution in [0, 0.1) is 11.6 Å². The molecule has 0 bridgehead atoms. The van der Waals surface area contributed by atoms with Gasteiger partial charge in [0.25, 0.3) is 0 Å². The van der Waals surface area contributed by atoms with Crippen molar-refractivity contribution in [2.24, 2.45) is 7.05 Å². The van der Waals surface area contributed by atoms with E-state index < -0.39 is 11.6 Å². The lowest BCUT2D eigenvalue weighted by atomic mass is 10.2. The number of piperidine rings is 1. The van der Waals surface area contributed by atoms with Gasteiger partial charge in [-0.25, -0.2) is 13.8 Å². The molecule has 0 atom stereocenters. The van der Waals surface area contributed by atoms with Crippen LogP contribution >= 0.6 is 11.8 Å². The van der Waals surface area contributed by atoms with E-state index in [9.17, 15) is 8.78 Å². The van der Waals surface area contributed by atoms with E-state index in [0.717, 1.165) is 37.2 Å². The molecule has 102 valence electrons. The second-order valence-corrected chi connectivity index (χ2v) is 6.04. The molecule has 1 aromatic heterocycles. The Kier molecular flexibility index (Phi) is 3.45. The fourth-order valence-corrected chi connectivity index (χ4v) is 3.51.